The molecule has 0 radical (unpaired) electrons. The lowest BCUT2D eigenvalue weighted by Crippen LogP contribution is -2.28. The largest absolute Gasteiger partial charge is 0.380 e. The number of fused-ring (bicyclic) bond motifs is 1. The molecule has 80 valence electrons. The number of imidazole rings is 1. The Morgan fingerprint density at radius 3 is 3.47 bits per heavy atom. The van der Waals surface area contributed by atoms with E-state index < -0.39 is 0 Å². The zero-order chi connectivity index (χ0) is 10.1. The van der Waals surface area contributed by atoms with Crippen LogP contribution in [-0.2, 0) is 11.3 Å². The minimum atomic E-state index is 0.504. The molecule has 1 aliphatic heterocycles. The first-order valence-electron chi connectivity index (χ1n) is 5.14. The fourth-order valence-electron chi connectivity index (χ4n) is 1.81. The summed E-state index contributed by atoms with van der Waals surface area (Å²) in [5.41, 5.74) is 1.11. The fourth-order valence-corrected chi connectivity index (χ4v) is 2.52. The summed E-state index contributed by atoms with van der Waals surface area (Å²) in [6.45, 7) is 2.56. The third-order valence-electron chi connectivity index (χ3n) is 2.64. The minimum absolute atomic E-state index is 0.504. The molecule has 3 heterocycles. The molecule has 1 N–H and O–H groups in total. The monoisotopic (exact) mass is 223 g/mol. The third-order valence-corrected chi connectivity index (χ3v) is 3.42. The second-order valence-electron chi connectivity index (χ2n) is 3.77. The smallest absolute Gasteiger partial charge is 0.193 e. The normalized spacial score (nSPS) is 21.5. The van der Waals surface area contributed by atoms with Gasteiger partial charge in [-0.25, -0.2) is 4.98 Å². The van der Waals surface area contributed by atoms with Gasteiger partial charge in [0.15, 0.2) is 4.96 Å². The Balaban J connectivity index is 1.64. The number of thiazole rings is 1. The standard InChI is InChI=1S/C10H13N3OS/c1-3-14-7-8(1)11-5-9-6-13-2-4-15-10(13)12-9/h2,4,6,8,11H,1,3,5,7H2. The number of hydrogen-bond acceptors (Lipinski definition) is 4. The molecule has 3 rings (SSSR count). The molecule has 0 saturated carbocycles. The summed E-state index contributed by atoms with van der Waals surface area (Å²) in [5.74, 6) is 0. The van der Waals surface area contributed by atoms with Crippen LogP contribution < -0.4 is 5.32 Å². The Kier molecular flexibility index (Phi) is 2.44. The predicted molar refractivity (Wildman–Crippen MR) is 59.1 cm³/mol. The van der Waals surface area contributed by atoms with Crippen LogP contribution in [0.25, 0.3) is 4.96 Å². The molecule has 1 unspecified atom stereocenters. The van der Waals surface area contributed by atoms with Crippen LogP contribution >= 0.6 is 11.3 Å². The second kappa shape index (κ2) is 3.92. The van der Waals surface area contributed by atoms with E-state index in [0.29, 0.717) is 6.04 Å². The van der Waals surface area contributed by atoms with Gasteiger partial charge in [-0.2, -0.15) is 0 Å². The zero-order valence-electron chi connectivity index (χ0n) is 8.35. The molecule has 1 aliphatic rings. The van der Waals surface area contributed by atoms with Crippen LogP contribution in [0.3, 0.4) is 0 Å². The number of rotatable bonds is 3. The highest BCUT2D eigenvalue weighted by Crippen LogP contribution is 2.11. The highest BCUT2D eigenvalue weighted by molar-refractivity contribution is 7.15. The minimum Gasteiger partial charge on any atom is -0.380 e. The molecule has 5 heteroatoms. The van der Waals surface area contributed by atoms with Gasteiger partial charge < -0.3 is 10.1 Å². The summed E-state index contributed by atoms with van der Waals surface area (Å²) in [5, 5.41) is 5.50. The van der Waals surface area contributed by atoms with E-state index in [1.807, 2.05) is 11.6 Å². The van der Waals surface area contributed by atoms with Gasteiger partial charge >= 0.3 is 0 Å². The van der Waals surface area contributed by atoms with Crippen molar-refractivity contribution in [3.8, 4) is 0 Å². The highest BCUT2D eigenvalue weighted by atomic mass is 32.1. The van der Waals surface area contributed by atoms with E-state index in [-0.39, 0.29) is 0 Å². The molecule has 0 bridgehead atoms. The summed E-state index contributed by atoms with van der Waals surface area (Å²) in [6, 6.07) is 0.504. The van der Waals surface area contributed by atoms with Crippen molar-refractivity contribution in [2.75, 3.05) is 13.2 Å². The molecule has 2 aromatic heterocycles. The van der Waals surface area contributed by atoms with Crippen molar-refractivity contribution >= 4 is 16.3 Å². The van der Waals surface area contributed by atoms with E-state index in [1.54, 1.807) is 11.3 Å². The maximum atomic E-state index is 5.30. The van der Waals surface area contributed by atoms with Crippen LogP contribution in [0.1, 0.15) is 12.1 Å². The Morgan fingerprint density at radius 1 is 1.67 bits per heavy atom. The second-order valence-corrected chi connectivity index (χ2v) is 4.64. The molecule has 2 aromatic rings. The van der Waals surface area contributed by atoms with Gasteiger partial charge in [-0.3, -0.25) is 4.40 Å². The lowest BCUT2D eigenvalue weighted by atomic mass is 10.2. The fraction of sp³-hybridized carbons (Fsp3) is 0.500. The Morgan fingerprint density at radius 2 is 2.67 bits per heavy atom. The van der Waals surface area contributed by atoms with Crippen molar-refractivity contribution in [2.24, 2.45) is 0 Å². The summed E-state index contributed by atoms with van der Waals surface area (Å²) in [7, 11) is 0. The van der Waals surface area contributed by atoms with E-state index in [0.717, 1.165) is 36.8 Å². The van der Waals surface area contributed by atoms with Crippen LogP contribution in [0.4, 0.5) is 0 Å². The first-order valence-corrected chi connectivity index (χ1v) is 6.02. The highest BCUT2D eigenvalue weighted by Gasteiger charge is 2.14. The summed E-state index contributed by atoms with van der Waals surface area (Å²) >= 11 is 1.67. The van der Waals surface area contributed by atoms with Crippen molar-refractivity contribution in [1.82, 2.24) is 14.7 Å². The van der Waals surface area contributed by atoms with Gasteiger partial charge in [-0.1, -0.05) is 0 Å². The van der Waals surface area contributed by atoms with Crippen LogP contribution in [0, 0.1) is 0 Å². The number of hydrogen-bond donors (Lipinski definition) is 1. The van der Waals surface area contributed by atoms with Crippen molar-refractivity contribution in [3.05, 3.63) is 23.5 Å². The van der Waals surface area contributed by atoms with Crippen LogP contribution in [0.15, 0.2) is 17.8 Å². The SMILES string of the molecule is c1cn2cc(CNC3CCOC3)nc2s1. The molecule has 1 saturated heterocycles. The van der Waals surface area contributed by atoms with E-state index in [1.165, 1.54) is 0 Å². The van der Waals surface area contributed by atoms with Crippen LogP contribution in [0.5, 0.6) is 0 Å². The van der Waals surface area contributed by atoms with Crippen molar-refractivity contribution in [2.45, 2.75) is 19.0 Å². The maximum absolute atomic E-state index is 5.30. The van der Waals surface area contributed by atoms with Gasteiger partial charge in [0, 0.05) is 37.0 Å². The van der Waals surface area contributed by atoms with Crippen LogP contribution in [-0.4, -0.2) is 28.6 Å². The molecule has 0 aromatic carbocycles. The van der Waals surface area contributed by atoms with Gasteiger partial charge in [-0.05, 0) is 6.42 Å². The van der Waals surface area contributed by atoms with Gasteiger partial charge in [0.05, 0.1) is 12.3 Å². The first-order chi connectivity index (χ1) is 7.42. The van der Waals surface area contributed by atoms with E-state index in [2.05, 4.69) is 20.9 Å². The molecule has 1 fully saturated rings. The molecular formula is C10H13N3OS. The molecule has 0 spiro atoms. The van der Waals surface area contributed by atoms with Gasteiger partial charge in [0.2, 0.25) is 0 Å². The number of aromatic nitrogens is 2. The summed E-state index contributed by atoms with van der Waals surface area (Å²) in [6.07, 6.45) is 5.23. The topological polar surface area (TPSA) is 38.6 Å². The summed E-state index contributed by atoms with van der Waals surface area (Å²) in [4.78, 5) is 5.58. The quantitative estimate of drug-likeness (QED) is 0.851. The average Bonchev–Trinajstić information content (AvgIpc) is 2.91. The Hall–Kier alpha value is -0.910. The Bertz CT molecular complexity index is 416. The number of nitrogens with zero attached hydrogens (tertiary/aromatic N) is 2. The van der Waals surface area contributed by atoms with E-state index in [4.69, 9.17) is 4.74 Å². The zero-order valence-corrected chi connectivity index (χ0v) is 9.17. The molecule has 0 amide bonds. The van der Waals surface area contributed by atoms with Crippen LogP contribution in [0.2, 0.25) is 0 Å². The third kappa shape index (κ3) is 1.90. The van der Waals surface area contributed by atoms with E-state index in [9.17, 15) is 0 Å². The first kappa shape index (κ1) is 9.33. The lowest BCUT2D eigenvalue weighted by Gasteiger charge is -2.07. The van der Waals surface area contributed by atoms with Gasteiger partial charge in [0.1, 0.15) is 0 Å². The van der Waals surface area contributed by atoms with Gasteiger partial charge in [-0.15, -0.1) is 11.3 Å². The molecule has 0 aliphatic carbocycles. The average molecular weight is 223 g/mol. The van der Waals surface area contributed by atoms with Crippen molar-refractivity contribution in [1.29, 1.82) is 0 Å². The van der Waals surface area contributed by atoms with Gasteiger partial charge in [0.25, 0.3) is 0 Å². The molecular weight excluding hydrogens is 210 g/mol. The molecule has 1 atom stereocenters. The van der Waals surface area contributed by atoms with Crippen molar-refractivity contribution in [3.63, 3.8) is 0 Å². The Labute approximate surface area is 91.9 Å². The lowest BCUT2D eigenvalue weighted by molar-refractivity contribution is 0.189. The maximum Gasteiger partial charge on any atom is 0.193 e. The summed E-state index contributed by atoms with van der Waals surface area (Å²) < 4.78 is 7.37. The number of nitrogens with one attached hydrogen (secondary N) is 1. The number of ether oxygens (including phenoxy) is 1. The predicted octanol–water partition coefficient (Wildman–Crippen LogP) is 1.27. The molecule has 15 heavy (non-hydrogen) atoms. The molecule has 4 nitrogen and oxygen atoms in total. The van der Waals surface area contributed by atoms with E-state index >= 15 is 0 Å². The van der Waals surface area contributed by atoms with Crippen molar-refractivity contribution < 1.29 is 4.74 Å².